The van der Waals surface area contributed by atoms with Crippen LogP contribution in [-0.4, -0.2) is 27.4 Å². The lowest BCUT2D eigenvalue weighted by molar-refractivity contribution is 0.0924. The van der Waals surface area contributed by atoms with E-state index >= 15 is 0 Å². The SMILES string of the molecule is Cc1cccc(OCC(O)Cn2ccnc2)c1. The number of ether oxygens (including phenoxy) is 1. The Balaban J connectivity index is 1.82. The fourth-order valence-corrected chi connectivity index (χ4v) is 1.59. The molecule has 90 valence electrons. The standard InChI is InChI=1S/C13H16N2O2/c1-11-3-2-4-13(7-11)17-9-12(16)8-15-6-5-14-10-15/h2-7,10,12,16H,8-9H2,1H3. The minimum absolute atomic E-state index is 0.279. The Kier molecular flexibility index (Phi) is 3.77. The summed E-state index contributed by atoms with van der Waals surface area (Å²) in [6.45, 7) is 2.78. The van der Waals surface area contributed by atoms with Crippen LogP contribution in [0.5, 0.6) is 5.75 Å². The Morgan fingerprint density at radius 3 is 3.06 bits per heavy atom. The van der Waals surface area contributed by atoms with Gasteiger partial charge in [0.2, 0.25) is 0 Å². The molecule has 0 aliphatic carbocycles. The second-order valence-corrected chi connectivity index (χ2v) is 4.04. The lowest BCUT2D eigenvalue weighted by Gasteiger charge is -2.13. The average molecular weight is 232 g/mol. The number of benzene rings is 1. The summed E-state index contributed by atoms with van der Waals surface area (Å²) in [4.78, 5) is 3.92. The fourth-order valence-electron chi connectivity index (χ4n) is 1.59. The van der Waals surface area contributed by atoms with Gasteiger partial charge in [-0.25, -0.2) is 4.98 Å². The zero-order chi connectivity index (χ0) is 12.1. The molecule has 0 bridgehead atoms. The van der Waals surface area contributed by atoms with Crippen LogP contribution in [-0.2, 0) is 6.54 Å². The summed E-state index contributed by atoms with van der Waals surface area (Å²) >= 11 is 0. The zero-order valence-corrected chi connectivity index (χ0v) is 9.78. The van der Waals surface area contributed by atoms with Gasteiger partial charge in [0, 0.05) is 12.4 Å². The number of hydrogen-bond donors (Lipinski definition) is 1. The van der Waals surface area contributed by atoms with Gasteiger partial charge in [0.1, 0.15) is 18.5 Å². The van der Waals surface area contributed by atoms with E-state index in [2.05, 4.69) is 4.98 Å². The van der Waals surface area contributed by atoms with Crippen LogP contribution >= 0.6 is 0 Å². The number of aromatic nitrogens is 2. The van der Waals surface area contributed by atoms with E-state index in [4.69, 9.17) is 4.74 Å². The van der Waals surface area contributed by atoms with E-state index in [0.29, 0.717) is 6.54 Å². The Morgan fingerprint density at radius 1 is 1.47 bits per heavy atom. The number of rotatable bonds is 5. The van der Waals surface area contributed by atoms with E-state index < -0.39 is 6.10 Å². The molecule has 0 spiro atoms. The largest absolute Gasteiger partial charge is 0.491 e. The maximum Gasteiger partial charge on any atom is 0.119 e. The first kappa shape index (κ1) is 11.7. The van der Waals surface area contributed by atoms with Crippen molar-refractivity contribution in [3.05, 3.63) is 48.5 Å². The molecule has 0 aliphatic heterocycles. The quantitative estimate of drug-likeness (QED) is 0.852. The summed E-state index contributed by atoms with van der Waals surface area (Å²) in [7, 11) is 0. The molecular weight excluding hydrogens is 216 g/mol. The molecule has 1 heterocycles. The van der Waals surface area contributed by atoms with Gasteiger partial charge in [0.15, 0.2) is 0 Å². The van der Waals surface area contributed by atoms with E-state index in [9.17, 15) is 5.11 Å². The molecule has 2 aromatic rings. The molecule has 0 aliphatic rings. The Morgan fingerprint density at radius 2 is 2.35 bits per heavy atom. The second kappa shape index (κ2) is 5.50. The summed E-state index contributed by atoms with van der Waals surface area (Å²) in [5.74, 6) is 0.787. The van der Waals surface area contributed by atoms with Crippen molar-refractivity contribution in [2.75, 3.05) is 6.61 Å². The van der Waals surface area contributed by atoms with E-state index in [1.54, 1.807) is 12.5 Å². The van der Waals surface area contributed by atoms with Crippen molar-refractivity contribution in [3.63, 3.8) is 0 Å². The lowest BCUT2D eigenvalue weighted by atomic mass is 10.2. The summed E-state index contributed by atoms with van der Waals surface area (Å²) in [5.41, 5.74) is 1.14. The van der Waals surface area contributed by atoms with Crippen molar-refractivity contribution in [1.82, 2.24) is 9.55 Å². The molecule has 0 saturated carbocycles. The van der Waals surface area contributed by atoms with Gasteiger partial charge in [-0.1, -0.05) is 12.1 Å². The molecular formula is C13H16N2O2. The number of aryl methyl sites for hydroxylation is 1. The monoisotopic (exact) mass is 232 g/mol. The van der Waals surface area contributed by atoms with E-state index in [0.717, 1.165) is 11.3 Å². The van der Waals surface area contributed by atoms with Crippen molar-refractivity contribution < 1.29 is 9.84 Å². The third kappa shape index (κ3) is 3.60. The van der Waals surface area contributed by atoms with Gasteiger partial charge in [-0.3, -0.25) is 0 Å². The number of nitrogens with zero attached hydrogens (tertiary/aromatic N) is 2. The van der Waals surface area contributed by atoms with Gasteiger partial charge in [0.05, 0.1) is 12.9 Å². The maximum absolute atomic E-state index is 9.78. The van der Waals surface area contributed by atoms with Gasteiger partial charge < -0.3 is 14.4 Å². The first-order valence-corrected chi connectivity index (χ1v) is 5.57. The minimum atomic E-state index is -0.537. The minimum Gasteiger partial charge on any atom is -0.491 e. The van der Waals surface area contributed by atoms with Gasteiger partial charge in [-0.2, -0.15) is 0 Å². The topological polar surface area (TPSA) is 47.3 Å². The summed E-state index contributed by atoms with van der Waals surface area (Å²) in [5, 5.41) is 9.78. The van der Waals surface area contributed by atoms with Crippen molar-refractivity contribution in [1.29, 1.82) is 0 Å². The lowest BCUT2D eigenvalue weighted by Crippen LogP contribution is -2.22. The van der Waals surface area contributed by atoms with E-state index in [1.165, 1.54) is 0 Å². The van der Waals surface area contributed by atoms with Crippen LogP contribution in [0.2, 0.25) is 0 Å². The van der Waals surface area contributed by atoms with Gasteiger partial charge in [0.25, 0.3) is 0 Å². The first-order valence-electron chi connectivity index (χ1n) is 5.57. The predicted molar refractivity (Wildman–Crippen MR) is 64.9 cm³/mol. The molecule has 17 heavy (non-hydrogen) atoms. The molecule has 1 atom stereocenters. The van der Waals surface area contributed by atoms with Crippen molar-refractivity contribution in [2.24, 2.45) is 0 Å². The second-order valence-electron chi connectivity index (χ2n) is 4.04. The molecule has 1 N–H and O–H groups in total. The smallest absolute Gasteiger partial charge is 0.119 e. The molecule has 2 rings (SSSR count). The van der Waals surface area contributed by atoms with Crippen LogP contribution in [0.4, 0.5) is 0 Å². The average Bonchev–Trinajstić information content (AvgIpc) is 2.79. The summed E-state index contributed by atoms with van der Waals surface area (Å²) < 4.78 is 7.34. The number of hydrogen-bond acceptors (Lipinski definition) is 3. The highest BCUT2D eigenvalue weighted by molar-refractivity contribution is 5.27. The molecule has 1 unspecified atom stereocenters. The zero-order valence-electron chi connectivity index (χ0n) is 9.78. The van der Waals surface area contributed by atoms with E-state index in [1.807, 2.05) is 42.0 Å². The summed E-state index contributed by atoms with van der Waals surface area (Å²) in [6.07, 6.45) is 4.64. The molecule has 0 amide bonds. The first-order chi connectivity index (χ1) is 8.24. The Hall–Kier alpha value is -1.81. The third-order valence-electron chi connectivity index (χ3n) is 2.41. The number of aliphatic hydroxyl groups is 1. The molecule has 4 heteroatoms. The van der Waals surface area contributed by atoms with Gasteiger partial charge >= 0.3 is 0 Å². The Labute approximate surface area is 100 Å². The third-order valence-corrected chi connectivity index (χ3v) is 2.41. The summed E-state index contributed by atoms with van der Waals surface area (Å²) in [6, 6.07) is 7.78. The van der Waals surface area contributed by atoms with Crippen molar-refractivity contribution >= 4 is 0 Å². The van der Waals surface area contributed by atoms with Crippen LogP contribution < -0.4 is 4.74 Å². The van der Waals surface area contributed by atoms with Gasteiger partial charge in [-0.15, -0.1) is 0 Å². The highest BCUT2D eigenvalue weighted by atomic mass is 16.5. The van der Waals surface area contributed by atoms with Crippen molar-refractivity contribution in [2.45, 2.75) is 19.6 Å². The van der Waals surface area contributed by atoms with Crippen LogP contribution in [0.3, 0.4) is 0 Å². The van der Waals surface area contributed by atoms with Crippen molar-refractivity contribution in [3.8, 4) is 5.75 Å². The number of aliphatic hydroxyl groups excluding tert-OH is 1. The fraction of sp³-hybridized carbons (Fsp3) is 0.308. The van der Waals surface area contributed by atoms with Gasteiger partial charge in [-0.05, 0) is 24.6 Å². The normalized spacial score (nSPS) is 12.4. The molecule has 0 radical (unpaired) electrons. The highest BCUT2D eigenvalue weighted by Gasteiger charge is 2.06. The Bertz CT molecular complexity index is 454. The maximum atomic E-state index is 9.78. The predicted octanol–water partition coefficient (Wildman–Crippen LogP) is 1.63. The van der Waals surface area contributed by atoms with Crippen LogP contribution in [0, 0.1) is 6.92 Å². The molecule has 4 nitrogen and oxygen atoms in total. The van der Waals surface area contributed by atoms with Crippen LogP contribution in [0.1, 0.15) is 5.56 Å². The molecule has 1 aromatic heterocycles. The highest BCUT2D eigenvalue weighted by Crippen LogP contribution is 2.12. The van der Waals surface area contributed by atoms with E-state index in [-0.39, 0.29) is 6.61 Å². The molecule has 0 fully saturated rings. The molecule has 0 saturated heterocycles. The number of imidazole rings is 1. The van der Waals surface area contributed by atoms with Crippen LogP contribution in [0.25, 0.3) is 0 Å². The molecule has 1 aromatic carbocycles. The van der Waals surface area contributed by atoms with Crippen LogP contribution in [0.15, 0.2) is 43.0 Å².